The van der Waals surface area contributed by atoms with Crippen LogP contribution >= 0.6 is 0 Å². The number of pyridine rings is 1. The Morgan fingerprint density at radius 2 is 2.25 bits per heavy atom. The van der Waals surface area contributed by atoms with Crippen molar-refractivity contribution in [1.82, 2.24) is 10.3 Å². The number of rotatable bonds is 6. The van der Waals surface area contributed by atoms with Crippen molar-refractivity contribution in [2.45, 2.75) is 19.9 Å². The topological polar surface area (TPSA) is 28.2 Å². The highest BCUT2D eigenvalue weighted by atomic mass is 15.1. The molecule has 0 aliphatic rings. The summed E-state index contributed by atoms with van der Waals surface area (Å²) in [5.41, 5.74) is 2.47. The molecule has 0 amide bonds. The summed E-state index contributed by atoms with van der Waals surface area (Å²) >= 11 is 0. The first kappa shape index (κ1) is 12.7. The monoisotopic (exact) mass is 219 g/mol. The van der Waals surface area contributed by atoms with E-state index in [2.05, 4.69) is 41.4 Å². The van der Waals surface area contributed by atoms with Crippen LogP contribution in [-0.2, 0) is 6.54 Å². The summed E-state index contributed by atoms with van der Waals surface area (Å²) in [5, 5.41) is 3.41. The lowest BCUT2D eigenvalue weighted by molar-refractivity contribution is 0.692. The molecule has 1 aromatic heterocycles. The zero-order valence-corrected chi connectivity index (χ0v) is 10.4. The lowest BCUT2D eigenvalue weighted by atomic mass is 10.2. The van der Waals surface area contributed by atoms with Gasteiger partial charge >= 0.3 is 0 Å². The van der Waals surface area contributed by atoms with Crippen molar-refractivity contribution >= 4 is 5.69 Å². The Bertz CT molecular complexity index is 332. The first-order valence-electron chi connectivity index (χ1n) is 5.67. The predicted octanol–water partition coefficient (Wildman–Crippen LogP) is 2.20. The predicted molar refractivity (Wildman–Crippen MR) is 69.7 cm³/mol. The molecular weight excluding hydrogens is 198 g/mol. The average molecular weight is 219 g/mol. The summed E-state index contributed by atoms with van der Waals surface area (Å²) in [6.45, 7) is 3.93. The highest BCUT2D eigenvalue weighted by Gasteiger charge is 2.02. The number of anilines is 1. The lowest BCUT2D eigenvalue weighted by Crippen LogP contribution is -2.18. The minimum absolute atomic E-state index is 0.874. The van der Waals surface area contributed by atoms with E-state index >= 15 is 0 Å². The Hall–Kier alpha value is -1.35. The van der Waals surface area contributed by atoms with Crippen LogP contribution in [0.25, 0.3) is 0 Å². The van der Waals surface area contributed by atoms with E-state index in [4.69, 9.17) is 0 Å². The molecule has 0 aromatic carbocycles. The van der Waals surface area contributed by atoms with Crippen molar-refractivity contribution in [3.8, 4) is 0 Å². The molecule has 0 unspecified atom stereocenters. The smallest absolute Gasteiger partial charge is 0.0437 e. The fourth-order valence-electron chi connectivity index (χ4n) is 1.57. The van der Waals surface area contributed by atoms with E-state index in [1.165, 1.54) is 11.3 Å². The van der Waals surface area contributed by atoms with Crippen LogP contribution < -0.4 is 10.2 Å². The van der Waals surface area contributed by atoms with Crippen molar-refractivity contribution in [3.63, 3.8) is 0 Å². The highest BCUT2D eigenvalue weighted by molar-refractivity contribution is 5.50. The van der Waals surface area contributed by atoms with E-state index in [1.807, 2.05) is 25.4 Å². The molecule has 0 atom stereocenters. The van der Waals surface area contributed by atoms with Crippen molar-refractivity contribution in [1.29, 1.82) is 0 Å². The zero-order valence-electron chi connectivity index (χ0n) is 10.4. The number of nitrogens with one attached hydrogen (secondary N) is 1. The third kappa shape index (κ3) is 4.03. The molecule has 3 nitrogen and oxygen atoms in total. The maximum atomic E-state index is 4.16. The minimum Gasteiger partial charge on any atom is -0.377 e. The molecule has 1 rings (SSSR count). The first-order chi connectivity index (χ1) is 7.75. The van der Waals surface area contributed by atoms with Crippen LogP contribution in [0.1, 0.15) is 18.9 Å². The van der Waals surface area contributed by atoms with Gasteiger partial charge in [0.2, 0.25) is 0 Å². The maximum absolute atomic E-state index is 4.16. The Morgan fingerprint density at radius 1 is 1.44 bits per heavy atom. The molecule has 0 bridgehead atoms. The van der Waals surface area contributed by atoms with Gasteiger partial charge in [-0.25, -0.2) is 0 Å². The van der Waals surface area contributed by atoms with E-state index < -0.39 is 0 Å². The second-order valence-electron chi connectivity index (χ2n) is 3.93. The van der Waals surface area contributed by atoms with Gasteiger partial charge < -0.3 is 10.2 Å². The van der Waals surface area contributed by atoms with Crippen LogP contribution in [0.15, 0.2) is 30.6 Å². The third-order valence-electron chi connectivity index (χ3n) is 2.40. The molecule has 0 saturated carbocycles. The summed E-state index contributed by atoms with van der Waals surface area (Å²) in [5.74, 6) is 0. The standard InChI is InChI=1S/C13H21N3/c1-4-5-6-8-14-10-12-11-15-9-7-13(12)16(2)3/h4-5,7,9,11,14H,6,8,10H2,1-3H3/b5-4+. The maximum Gasteiger partial charge on any atom is 0.0437 e. The van der Waals surface area contributed by atoms with Crippen LogP contribution in [0.5, 0.6) is 0 Å². The van der Waals surface area contributed by atoms with Gasteiger partial charge in [-0.3, -0.25) is 4.98 Å². The minimum atomic E-state index is 0.874. The Balaban J connectivity index is 2.46. The van der Waals surface area contributed by atoms with Gasteiger partial charge in [0.05, 0.1) is 0 Å². The van der Waals surface area contributed by atoms with Crippen molar-refractivity contribution < 1.29 is 0 Å². The van der Waals surface area contributed by atoms with E-state index in [0.29, 0.717) is 0 Å². The summed E-state index contributed by atoms with van der Waals surface area (Å²) in [6, 6.07) is 2.04. The molecule has 0 aliphatic carbocycles. The van der Waals surface area contributed by atoms with Gasteiger partial charge in [-0.2, -0.15) is 0 Å². The molecule has 1 heterocycles. The van der Waals surface area contributed by atoms with Crippen LogP contribution in [0.3, 0.4) is 0 Å². The quantitative estimate of drug-likeness (QED) is 0.587. The Morgan fingerprint density at radius 3 is 2.94 bits per heavy atom. The van der Waals surface area contributed by atoms with Crippen LogP contribution in [-0.4, -0.2) is 25.6 Å². The lowest BCUT2D eigenvalue weighted by Gasteiger charge is -2.16. The van der Waals surface area contributed by atoms with Crippen LogP contribution in [0.2, 0.25) is 0 Å². The molecule has 3 heteroatoms. The molecular formula is C13H21N3. The number of aromatic nitrogens is 1. The number of allylic oxidation sites excluding steroid dienone is 1. The van der Waals surface area contributed by atoms with E-state index in [9.17, 15) is 0 Å². The van der Waals surface area contributed by atoms with E-state index in [0.717, 1.165) is 19.5 Å². The van der Waals surface area contributed by atoms with Gasteiger partial charge in [0.15, 0.2) is 0 Å². The molecule has 0 aliphatic heterocycles. The van der Waals surface area contributed by atoms with Gasteiger partial charge in [0.1, 0.15) is 0 Å². The number of hydrogen-bond acceptors (Lipinski definition) is 3. The van der Waals surface area contributed by atoms with Gasteiger partial charge in [0, 0.05) is 44.3 Å². The van der Waals surface area contributed by atoms with E-state index in [1.54, 1.807) is 0 Å². The Kier molecular flexibility index (Phi) is 5.57. The first-order valence-corrected chi connectivity index (χ1v) is 5.67. The fourth-order valence-corrected chi connectivity index (χ4v) is 1.57. The van der Waals surface area contributed by atoms with Crippen molar-refractivity contribution in [2.75, 3.05) is 25.5 Å². The third-order valence-corrected chi connectivity index (χ3v) is 2.40. The SMILES string of the molecule is C/C=C/CCNCc1cnccc1N(C)C. The Labute approximate surface area is 98.2 Å². The second kappa shape index (κ2) is 7.01. The second-order valence-corrected chi connectivity index (χ2v) is 3.93. The fraction of sp³-hybridized carbons (Fsp3) is 0.462. The van der Waals surface area contributed by atoms with Gasteiger partial charge in [-0.05, 0) is 26.0 Å². The van der Waals surface area contributed by atoms with Crippen molar-refractivity contribution in [2.24, 2.45) is 0 Å². The van der Waals surface area contributed by atoms with Crippen LogP contribution in [0, 0.1) is 0 Å². The number of hydrogen-bond donors (Lipinski definition) is 1. The summed E-state index contributed by atoms with van der Waals surface area (Å²) in [6.07, 6.45) is 9.09. The molecule has 16 heavy (non-hydrogen) atoms. The van der Waals surface area contributed by atoms with Gasteiger partial charge in [-0.1, -0.05) is 12.2 Å². The highest BCUT2D eigenvalue weighted by Crippen LogP contribution is 2.15. The van der Waals surface area contributed by atoms with Gasteiger partial charge in [0.25, 0.3) is 0 Å². The normalized spacial score (nSPS) is 10.9. The molecule has 1 aromatic rings. The number of nitrogens with zero attached hydrogens (tertiary/aromatic N) is 2. The molecule has 1 N–H and O–H groups in total. The summed E-state index contributed by atoms with van der Waals surface area (Å²) in [7, 11) is 4.11. The average Bonchev–Trinajstić information content (AvgIpc) is 2.29. The molecule has 0 fully saturated rings. The largest absolute Gasteiger partial charge is 0.377 e. The summed E-state index contributed by atoms with van der Waals surface area (Å²) < 4.78 is 0. The van der Waals surface area contributed by atoms with E-state index in [-0.39, 0.29) is 0 Å². The molecule has 88 valence electrons. The molecule has 0 saturated heterocycles. The zero-order chi connectivity index (χ0) is 11.8. The molecule has 0 spiro atoms. The molecule has 0 radical (unpaired) electrons. The summed E-state index contributed by atoms with van der Waals surface area (Å²) in [4.78, 5) is 6.28. The van der Waals surface area contributed by atoms with Crippen LogP contribution in [0.4, 0.5) is 5.69 Å². The van der Waals surface area contributed by atoms with Gasteiger partial charge in [-0.15, -0.1) is 0 Å². The van der Waals surface area contributed by atoms with Crippen molar-refractivity contribution in [3.05, 3.63) is 36.2 Å².